The summed E-state index contributed by atoms with van der Waals surface area (Å²) in [6.45, 7) is 8.62. The van der Waals surface area contributed by atoms with Crippen LogP contribution in [0, 0.1) is 0 Å². The molecule has 1 aliphatic rings. The third-order valence-electron chi connectivity index (χ3n) is 11.8. The van der Waals surface area contributed by atoms with E-state index in [1.54, 1.807) is 0 Å². The number of aromatic nitrogens is 2. The first-order chi connectivity index (χ1) is 30.5. The van der Waals surface area contributed by atoms with Crippen LogP contribution in [0.2, 0.25) is 20.1 Å². The predicted molar refractivity (Wildman–Crippen MR) is 262 cm³/mol. The predicted octanol–water partition coefficient (Wildman–Crippen LogP) is 9.96. The van der Waals surface area contributed by atoms with E-state index in [2.05, 4.69) is 66.7 Å². The van der Waals surface area contributed by atoms with Crippen molar-refractivity contribution in [2.45, 2.75) is 169 Å². The summed E-state index contributed by atoms with van der Waals surface area (Å²) in [6.07, 6.45) is 33.9. The maximum Gasteiger partial charge on any atom is 1.00 e. The monoisotopic (exact) mass is 964 g/mol. The Morgan fingerprint density at radius 3 is 1.69 bits per heavy atom. The molecule has 3 aromatic rings. The number of nitrogens with zero attached hydrogens (tertiary/aromatic N) is 4. The number of carboxylic acid groups (broad SMARTS) is 2. The zero-order chi connectivity index (χ0) is 45.6. The molecule has 0 radical (unpaired) electrons. The summed E-state index contributed by atoms with van der Waals surface area (Å²) in [4.78, 5) is 27.8. The fraction of sp³-hybridized carbons (Fsp3) is 0.549. The fourth-order valence-electron chi connectivity index (χ4n) is 8.36. The molecule has 0 saturated heterocycles. The molecule has 13 heteroatoms. The number of hydrogen-bond donors (Lipinski definition) is 0. The van der Waals surface area contributed by atoms with Crippen LogP contribution in [-0.2, 0) is 22.7 Å². The van der Waals surface area contributed by atoms with E-state index >= 15 is 0 Å². The van der Waals surface area contributed by atoms with Crippen molar-refractivity contribution in [1.29, 1.82) is 0 Å². The van der Waals surface area contributed by atoms with E-state index in [0.29, 0.717) is 20.1 Å². The Labute approximate surface area is 425 Å². The Morgan fingerprint density at radius 1 is 0.594 bits per heavy atom. The van der Waals surface area contributed by atoms with Crippen LogP contribution in [0.3, 0.4) is 0 Å². The van der Waals surface area contributed by atoms with E-state index in [1.165, 1.54) is 77.0 Å². The summed E-state index contributed by atoms with van der Waals surface area (Å²) in [5.74, 6) is -0.492. The normalized spacial score (nSPS) is 13.6. The molecule has 0 unspecified atom stereocenters. The molecule has 346 valence electrons. The van der Waals surface area contributed by atoms with Gasteiger partial charge in [0, 0.05) is 56.1 Å². The van der Waals surface area contributed by atoms with Gasteiger partial charge in [-0.25, -0.2) is 9.13 Å². The Bertz CT molecular complexity index is 2060. The minimum atomic E-state index is -1.12. The number of anilines is 2. The number of aliphatic carboxylic acids is 2. The molecule has 0 saturated carbocycles. The number of unbranched alkanes of at least 4 members (excludes halogenated alkanes) is 15. The van der Waals surface area contributed by atoms with E-state index in [4.69, 9.17) is 46.4 Å². The van der Waals surface area contributed by atoms with Crippen LogP contribution in [0.5, 0.6) is 0 Å². The Morgan fingerprint density at radius 2 is 1.09 bits per heavy atom. The molecule has 4 rings (SSSR count). The second-order valence-electron chi connectivity index (χ2n) is 16.8. The van der Waals surface area contributed by atoms with Gasteiger partial charge >= 0.3 is 29.6 Å². The van der Waals surface area contributed by atoms with Crippen LogP contribution >= 0.6 is 46.4 Å². The van der Waals surface area contributed by atoms with Gasteiger partial charge in [-0.05, 0) is 55.9 Å². The second-order valence-corrected chi connectivity index (χ2v) is 18.4. The summed E-state index contributed by atoms with van der Waals surface area (Å²) in [5.41, 5.74) is 4.61. The van der Waals surface area contributed by atoms with Crippen LogP contribution in [-0.4, -0.2) is 29.6 Å². The Kier molecular flexibility index (Phi) is 26.9. The zero-order valence-electron chi connectivity index (χ0n) is 38.9. The van der Waals surface area contributed by atoms with Gasteiger partial charge in [-0.1, -0.05) is 181 Å². The van der Waals surface area contributed by atoms with Crippen molar-refractivity contribution in [3.8, 4) is 0 Å². The molecule has 0 N–H and O–H groups in total. The number of benzene rings is 2. The quantitative estimate of drug-likeness (QED) is 0.0276. The molecule has 0 bridgehead atoms. The third kappa shape index (κ3) is 17.7. The number of carbonyl (C=O) groups excluding carboxylic acids is 2. The zero-order valence-corrected chi connectivity index (χ0v) is 43.9. The van der Waals surface area contributed by atoms with E-state index in [-0.39, 0.29) is 55.5 Å². The van der Waals surface area contributed by atoms with Crippen LogP contribution in [0.4, 0.5) is 11.4 Å². The van der Waals surface area contributed by atoms with Crippen LogP contribution in [0.15, 0.2) is 66.0 Å². The van der Waals surface area contributed by atoms with Crippen LogP contribution in [0.25, 0.3) is 17.1 Å². The van der Waals surface area contributed by atoms with Gasteiger partial charge in [0.15, 0.2) is 11.0 Å². The van der Waals surface area contributed by atoms with Crippen molar-refractivity contribution < 1.29 is 53.9 Å². The molecule has 64 heavy (non-hydrogen) atoms. The molecule has 0 atom stereocenters. The van der Waals surface area contributed by atoms with Gasteiger partial charge in [0.2, 0.25) is 0 Å². The minimum Gasteiger partial charge on any atom is -0.550 e. The van der Waals surface area contributed by atoms with Crippen molar-refractivity contribution >= 4 is 86.8 Å². The van der Waals surface area contributed by atoms with Crippen molar-refractivity contribution in [2.24, 2.45) is 0 Å². The molecule has 2 heterocycles. The molecule has 0 amide bonds. The van der Waals surface area contributed by atoms with E-state index in [1.807, 2.05) is 33.7 Å². The average molecular weight is 967 g/mol. The molecular formula is C51H69Cl4N4NaO4. The SMILES string of the molecule is CCCCCCCCC(C=CC=C1N(CCCCCCCC)c2cc(Cl)c(Cl)cc2N1CCC(=O)[O-])=CC=Cc1n(CCC(=O)[O-])c2cc(Cl)c(Cl)cc2[n+]1CCCCCCCC.[Na+]. The van der Waals surface area contributed by atoms with Gasteiger partial charge < -0.3 is 29.6 Å². The summed E-state index contributed by atoms with van der Waals surface area (Å²) in [7, 11) is 0. The first-order valence-electron chi connectivity index (χ1n) is 23.6. The summed E-state index contributed by atoms with van der Waals surface area (Å²) in [6, 6.07) is 7.42. The van der Waals surface area contributed by atoms with Crippen molar-refractivity contribution in [2.75, 3.05) is 22.9 Å². The molecule has 2 aromatic carbocycles. The molecular weight excluding hydrogens is 897 g/mol. The van der Waals surface area contributed by atoms with Gasteiger partial charge in [0.25, 0.3) is 5.82 Å². The number of halogens is 4. The summed E-state index contributed by atoms with van der Waals surface area (Å²) < 4.78 is 4.25. The number of aryl methyl sites for hydroxylation is 2. The molecule has 1 aromatic heterocycles. The minimum absolute atomic E-state index is 0. The molecule has 8 nitrogen and oxygen atoms in total. The van der Waals surface area contributed by atoms with Crippen molar-refractivity contribution in [3.05, 3.63) is 92.0 Å². The molecule has 1 aliphatic heterocycles. The first kappa shape index (κ1) is 55.9. The number of fused-ring (bicyclic) bond motifs is 2. The van der Waals surface area contributed by atoms with Crippen molar-refractivity contribution in [3.63, 3.8) is 0 Å². The largest absolute Gasteiger partial charge is 1.00 e. The van der Waals surface area contributed by atoms with Crippen LogP contribution in [0.1, 0.15) is 161 Å². The number of carbonyl (C=O) groups is 2. The number of carboxylic acids is 2. The van der Waals surface area contributed by atoms with E-state index < -0.39 is 11.9 Å². The van der Waals surface area contributed by atoms with Gasteiger partial charge in [-0.2, -0.15) is 0 Å². The molecule has 0 aliphatic carbocycles. The summed E-state index contributed by atoms with van der Waals surface area (Å²) >= 11 is 26.3. The molecule has 0 fully saturated rings. The van der Waals surface area contributed by atoms with Gasteiger partial charge in [-0.3, -0.25) is 0 Å². The Hall–Kier alpha value is -2.43. The number of hydrogen-bond acceptors (Lipinski definition) is 6. The van der Waals surface area contributed by atoms with E-state index in [0.717, 1.165) is 97.7 Å². The van der Waals surface area contributed by atoms with E-state index in [9.17, 15) is 19.8 Å². The smallest absolute Gasteiger partial charge is 0.550 e. The average Bonchev–Trinajstić information content (AvgIpc) is 3.68. The fourth-order valence-corrected chi connectivity index (χ4v) is 8.99. The second kappa shape index (κ2) is 30.8. The number of imidazole rings is 1. The first-order valence-corrected chi connectivity index (χ1v) is 25.1. The van der Waals surface area contributed by atoms with Crippen LogP contribution < -0.4 is 54.1 Å². The van der Waals surface area contributed by atoms with Gasteiger partial charge in [-0.15, -0.1) is 0 Å². The maximum atomic E-state index is 11.8. The van der Waals surface area contributed by atoms with Crippen molar-refractivity contribution in [1.82, 2.24) is 4.57 Å². The van der Waals surface area contributed by atoms with Gasteiger partial charge in [0.05, 0.1) is 44.6 Å². The summed E-state index contributed by atoms with van der Waals surface area (Å²) in [5, 5.41) is 25.3. The standard InChI is InChI=1S/C51H70Cl4N4O4.Na/c1-4-7-10-13-16-19-24-39(25-22-27-48-56(31-20-17-14-11-8-5-2)44-35-40(52)42(54)37-46(44)58(48)33-29-50(60)61)26-23-28-49-57(32-21-18-15-12-9-6-3)45-36-41(53)43(55)38-47(45)59(49)34-30-51(62)63;/h22-23,25-28,35-38H,4-21,24,29-34H2,1-3H3,(H-,60,61,62,63);/q;+1/p-1. The topological polar surface area (TPSA) is 95.5 Å². The maximum absolute atomic E-state index is 11.8. The Balaban J connectivity index is 0.0000109. The number of rotatable bonds is 31. The number of allylic oxidation sites excluding steroid dienone is 6. The third-order valence-corrected chi connectivity index (χ3v) is 13.2. The molecule has 0 spiro atoms. The van der Waals surface area contributed by atoms with Gasteiger partial charge in [0.1, 0.15) is 5.82 Å².